The first-order valence-corrected chi connectivity index (χ1v) is 5.67. The van der Waals surface area contributed by atoms with E-state index in [4.69, 9.17) is 5.11 Å². The summed E-state index contributed by atoms with van der Waals surface area (Å²) in [4.78, 5) is 22.9. The maximum Gasteiger partial charge on any atom is 0.330 e. The molecule has 17 heavy (non-hydrogen) atoms. The van der Waals surface area contributed by atoms with E-state index < -0.39 is 12.0 Å². The van der Waals surface area contributed by atoms with Gasteiger partial charge in [-0.25, -0.2) is 4.79 Å². The topological polar surface area (TPSA) is 66.4 Å². The van der Waals surface area contributed by atoms with Gasteiger partial charge in [-0.15, -0.1) is 0 Å². The van der Waals surface area contributed by atoms with Crippen molar-refractivity contribution in [2.24, 2.45) is 11.8 Å². The lowest BCUT2D eigenvalue weighted by molar-refractivity contribution is -0.142. The summed E-state index contributed by atoms with van der Waals surface area (Å²) >= 11 is 0. The monoisotopic (exact) mass is 233 g/mol. The Morgan fingerprint density at radius 1 is 1.35 bits per heavy atom. The second-order valence-corrected chi connectivity index (χ2v) is 4.51. The van der Waals surface area contributed by atoms with Gasteiger partial charge in [-0.05, 0) is 17.9 Å². The molecule has 0 saturated heterocycles. The molecular formula is C13H15NO3. The maximum atomic E-state index is 11.7. The summed E-state index contributed by atoms with van der Waals surface area (Å²) in [5.74, 6) is -0.826. The Kier molecular flexibility index (Phi) is 3.13. The van der Waals surface area contributed by atoms with Gasteiger partial charge in [0.15, 0.2) is 6.04 Å². The van der Waals surface area contributed by atoms with Crippen molar-refractivity contribution in [2.45, 2.75) is 19.4 Å². The van der Waals surface area contributed by atoms with Gasteiger partial charge in [0, 0.05) is 5.92 Å². The number of nitrogens with one attached hydrogen (secondary N) is 1. The lowest BCUT2D eigenvalue weighted by Crippen LogP contribution is -2.34. The average molecular weight is 233 g/mol. The molecule has 1 aromatic rings. The van der Waals surface area contributed by atoms with Crippen molar-refractivity contribution in [1.29, 1.82) is 0 Å². The van der Waals surface area contributed by atoms with Crippen LogP contribution in [0.4, 0.5) is 0 Å². The second-order valence-electron chi connectivity index (χ2n) is 4.51. The zero-order chi connectivity index (χ0) is 12.4. The molecule has 1 aromatic carbocycles. The van der Waals surface area contributed by atoms with E-state index >= 15 is 0 Å². The minimum atomic E-state index is -1.03. The largest absolute Gasteiger partial charge is 0.479 e. The van der Waals surface area contributed by atoms with Crippen LogP contribution in [0.25, 0.3) is 0 Å². The quantitative estimate of drug-likeness (QED) is 0.829. The molecule has 1 fully saturated rings. The molecule has 1 saturated carbocycles. The molecule has 4 nitrogen and oxygen atoms in total. The van der Waals surface area contributed by atoms with Gasteiger partial charge in [-0.3, -0.25) is 4.79 Å². The van der Waals surface area contributed by atoms with Gasteiger partial charge in [-0.1, -0.05) is 37.3 Å². The van der Waals surface area contributed by atoms with Gasteiger partial charge in [0.1, 0.15) is 0 Å². The Bertz CT molecular complexity index is 430. The molecule has 90 valence electrons. The Balaban J connectivity index is 2.08. The number of carbonyl (C=O) groups is 2. The van der Waals surface area contributed by atoms with Crippen molar-refractivity contribution >= 4 is 11.9 Å². The fourth-order valence-corrected chi connectivity index (χ4v) is 1.87. The Labute approximate surface area is 99.6 Å². The molecule has 1 aliphatic rings. The van der Waals surface area contributed by atoms with Crippen molar-refractivity contribution in [3.8, 4) is 0 Å². The van der Waals surface area contributed by atoms with Gasteiger partial charge in [-0.2, -0.15) is 0 Å². The fourth-order valence-electron chi connectivity index (χ4n) is 1.87. The third kappa shape index (κ3) is 2.64. The Morgan fingerprint density at radius 2 is 1.94 bits per heavy atom. The molecule has 1 aliphatic carbocycles. The first-order chi connectivity index (χ1) is 8.09. The number of carboxylic acid groups (broad SMARTS) is 1. The molecular weight excluding hydrogens is 218 g/mol. The highest BCUT2D eigenvalue weighted by molar-refractivity contribution is 5.87. The van der Waals surface area contributed by atoms with Crippen LogP contribution >= 0.6 is 0 Å². The first-order valence-electron chi connectivity index (χ1n) is 5.67. The van der Waals surface area contributed by atoms with Gasteiger partial charge in [0.05, 0.1) is 0 Å². The summed E-state index contributed by atoms with van der Waals surface area (Å²) in [6.07, 6.45) is 0.854. The lowest BCUT2D eigenvalue weighted by Gasteiger charge is -2.14. The predicted octanol–water partition coefficient (Wildman–Crippen LogP) is 1.58. The molecule has 0 aromatic heterocycles. The Hall–Kier alpha value is -1.84. The van der Waals surface area contributed by atoms with E-state index in [2.05, 4.69) is 5.32 Å². The number of benzene rings is 1. The molecule has 0 spiro atoms. The molecule has 0 radical (unpaired) electrons. The maximum absolute atomic E-state index is 11.7. The SMILES string of the molecule is CC1CC1C(=O)N[C@@H](C(=O)O)c1ccccc1. The van der Waals surface area contributed by atoms with E-state index in [9.17, 15) is 9.59 Å². The van der Waals surface area contributed by atoms with Crippen LogP contribution in [0.1, 0.15) is 24.9 Å². The van der Waals surface area contributed by atoms with Crippen LogP contribution in [-0.4, -0.2) is 17.0 Å². The molecule has 2 unspecified atom stereocenters. The van der Waals surface area contributed by atoms with Crippen molar-refractivity contribution in [3.63, 3.8) is 0 Å². The van der Waals surface area contributed by atoms with Crippen LogP contribution in [0, 0.1) is 11.8 Å². The molecule has 1 amide bonds. The van der Waals surface area contributed by atoms with Crippen LogP contribution in [0.15, 0.2) is 30.3 Å². The molecule has 3 atom stereocenters. The number of hydrogen-bond donors (Lipinski definition) is 2. The number of carbonyl (C=O) groups excluding carboxylic acids is 1. The van der Waals surface area contributed by atoms with Crippen molar-refractivity contribution in [1.82, 2.24) is 5.32 Å². The first kappa shape index (κ1) is 11.6. The lowest BCUT2D eigenvalue weighted by atomic mass is 10.1. The minimum absolute atomic E-state index is 0.0134. The summed E-state index contributed by atoms with van der Waals surface area (Å²) in [6.45, 7) is 1.99. The minimum Gasteiger partial charge on any atom is -0.479 e. The van der Waals surface area contributed by atoms with Gasteiger partial charge >= 0.3 is 5.97 Å². The Morgan fingerprint density at radius 3 is 2.41 bits per heavy atom. The third-order valence-corrected chi connectivity index (χ3v) is 3.11. The van der Waals surface area contributed by atoms with E-state index in [1.54, 1.807) is 24.3 Å². The molecule has 2 rings (SSSR count). The number of carboxylic acids is 1. The highest BCUT2D eigenvalue weighted by Crippen LogP contribution is 2.38. The number of amides is 1. The summed E-state index contributed by atoms with van der Waals surface area (Å²) in [5, 5.41) is 11.7. The molecule has 0 heterocycles. The number of rotatable bonds is 4. The highest BCUT2D eigenvalue weighted by Gasteiger charge is 2.40. The smallest absolute Gasteiger partial charge is 0.330 e. The second kappa shape index (κ2) is 4.57. The molecule has 0 bridgehead atoms. The van der Waals surface area contributed by atoms with Crippen molar-refractivity contribution < 1.29 is 14.7 Å². The molecule has 2 N–H and O–H groups in total. The van der Waals surface area contributed by atoms with E-state index in [1.807, 2.05) is 13.0 Å². The fraction of sp³-hybridized carbons (Fsp3) is 0.385. The van der Waals surface area contributed by atoms with Gasteiger partial charge < -0.3 is 10.4 Å². The summed E-state index contributed by atoms with van der Waals surface area (Å²) in [5.41, 5.74) is 0.599. The van der Waals surface area contributed by atoms with Crippen LogP contribution in [0.5, 0.6) is 0 Å². The van der Waals surface area contributed by atoms with E-state index in [-0.39, 0.29) is 11.8 Å². The summed E-state index contributed by atoms with van der Waals surface area (Å²) in [7, 11) is 0. The number of hydrogen-bond acceptors (Lipinski definition) is 2. The molecule has 4 heteroatoms. The normalized spacial score (nSPS) is 23.8. The summed E-state index contributed by atoms with van der Waals surface area (Å²) < 4.78 is 0. The van der Waals surface area contributed by atoms with Crippen LogP contribution in [0.2, 0.25) is 0 Å². The average Bonchev–Trinajstić information content (AvgIpc) is 3.04. The third-order valence-electron chi connectivity index (χ3n) is 3.11. The van der Waals surface area contributed by atoms with E-state index in [1.165, 1.54) is 0 Å². The highest BCUT2D eigenvalue weighted by atomic mass is 16.4. The van der Waals surface area contributed by atoms with E-state index in [0.717, 1.165) is 6.42 Å². The molecule has 0 aliphatic heterocycles. The van der Waals surface area contributed by atoms with Crippen molar-refractivity contribution in [3.05, 3.63) is 35.9 Å². The zero-order valence-corrected chi connectivity index (χ0v) is 9.59. The summed E-state index contributed by atoms with van der Waals surface area (Å²) in [6, 6.07) is 7.79. The van der Waals surface area contributed by atoms with E-state index in [0.29, 0.717) is 11.5 Å². The van der Waals surface area contributed by atoms with Gasteiger partial charge in [0.2, 0.25) is 5.91 Å². The predicted molar refractivity (Wildman–Crippen MR) is 62.2 cm³/mol. The van der Waals surface area contributed by atoms with Gasteiger partial charge in [0.25, 0.3) is 0 Å². The zero-order valence-electron chi connectivity index (χ0n) is 9.59. The van der Waals surface area contributed by atoms with Crippen LogP contribution in [0.3, 0.4) is 0 Å². The van der Waals surface area contributed by atoms with Crippen molar-refractivity contribution in [2.75, 3.05) is 0 Å². The van der Waals surface area contributed by atoms with Crippen LogP contribution in [-0.2, 0) is 9.59 Å². The standard InChI is InChI=1S/C13H15NO3/c1-8-7-10(8)12(15)14-11(13(16)17)9-5-3-2-4-6-9/h2-6,8,10-11H,7H2,1H3,(H,14,15)(H,16,17)/t8?,10?,11-/m1/s1. The number of aliphatic carboxylic acids is 1. The van der Waals surface area contributed by atoms with Crippen LogP contribution < -0.4 is 5.32 Å².